The third-order valence-corrected chi connectivity index (χ3v) is 3.03. The average Bonchev–Trinajstić information content (AvgIpc) is 2.12. The van der Waals surface area contributed by atoms with Crippen LogP contribution in [-0.4, -0.2) is 21.1 Å². The van der Waals surface area contributed by atoms with Gasteiger partial charge in [-0.3, -0.25) is 4.79 Å². The van der Waals surface area contributed by atoms with E-state index in [2.05, 4.69) is 9.97 Å². The molecule has 0 aliphatic heterocycles. The number of hydrogen-bond acceptors (Lipinski definition) is 5. The number of aromatic nitrogens is 2. The van der Waals surface area contributed by atoms with E-state index < -0.39 is 0 Å². The molecule has 1 aromatic heterocycles. The number of carbonyl (C=O) groups is 1. The van der Waals surface area contributed by atoms with Crippen LogP contribution in [0.3, 0.4) is 0 Å². The van der Waals surface area contributed by atoms with E-state index in [1.807, 2.05) is 13.8 Å². The molecule has 15 heavy (non-hydrogen) atoms. The zero-order valence-electron chi connectivity index (χ0n) is 8.73. The predicted octanol–water partition coefficient (Wildman–Crippen LogP) is 0.723. The van der Waals surface area contributed by atoms with Crippen molar-refractivity contribution in [3.63, 3.8) is 0 Å². The Labute approximate surface area is 92.7 Å². The smallest absolute Gasteiger partial charge is 0.231 e. The fourth-order valence-corrected chi connectivity index (χ4v) is 1.98. The van der Waals surface area contributed by atoms with Crippen molar-refractivity contribution in [2.75, 3.05) is 5.73 Å². The van der Waals surface area contributed by atoms with Gasteiger partial charge in [0.2, 0.25) is 5.91 Å². The number of nitrogens with two attached hydrogens (primary N) is 2. The highest BCUT2D eigenvalue weighted by Gasteiger charge is 2.16. The third-order valence-electron chi connectivity index (χ3n) is 1.79. The molecule has 0 spiro atoms. The van der Waals surface area contributed by atoms with Gasteiger partial charge in [-0.15, -0.1) is 0 Å². The summed E-state index contributed by atoms with van der Waals surface area (Å²) in [6.45, 7) is 3.72. The molecule has 1 rings (SSSR count). The molecule has 1 atom stereocenters. The van der Waals surface area contributed by atoms with Gasteiger partial charge in [-0.05, 0) is 13.3 Å². The summed E-state index contributed by atoms with van der Waals surface area (Å²) in [7, 11) is 0. The number of aryl methyl sites for hydroxylation is 1. The summed E-state index contributed by atoms with van der Waals surface area (Å²) in [5, 5.41) is 0.198. The number of nitrogen functional groups attached to an aromatic ring is 1. The number of carbonyl (C=O) groups excluding carboxylic acids is 1. The van der Waals surface area contributed by atoms with Gasteiger partial charge >= 0.3 is 0 Å². The van der Waals surface area contributed by atoms with E-state index in [0.717, 1.165) is 5.69 Å². The molecule has 0 aliphatic rings. The second-order valence-electron chi connectivity index (χ2n) is 3.13. The molecule has 0 aromatic carbocycles. The van der Waals surface area contributed by atoms with E-state index in [0.29, 0.717) is 17.4 Å². The monoisotopic (exact) mass is 226 g/mol. The van der Waals surface area contributed by atoms with E-state index in [-0.39, 0.29) is 11.2 Å². The van der Waals surface area contributed by atoms with Crippen LogP contribution in [0.15, 0.2) is 11.2 Å². The van der Waals surface area contributed by atoms with Crippen LogP contribution in [0.2, 0.25) is 0 Å². The lowest BCUT2D eigenvalue weighted by atomic mass is 10.3. The molecule has 0 saturated carbocycles. The predicted molar refractivity (Wildman–Crippen MR) is 60.3 cm³/mol. The van der Waals surface area contributed by atoms with Crippen LogP contribution in [-0.2, 0) is 4.79 Å². The van der Waals surface area contributed by atoms with E-state index in [1.54, 1.807) is 6.07 Å². The molecule has 6 heteroatoms. The summed E-state index contributed by atoms with van der Waals surface area (Å²) < 4.78 is 0. The molecule has 5 nitrogen and oxygen atoms in total. The van der Waals surface area contributed by atoms with Gasteiger partial charge in [0.25, 0.3) is 0 Å². The largest absolute Gasteiger partial charge is 0.384 e. The Morgan fingerprint density at radius 2 is 2.27 bits per heavy atom. The topological polar surface area (TPSA) is 94.9 Å². The van der Waals surface area contributed by atoms with E-state index >= 15 is 0 Å². The number of anilines is 1. The SMILES string of the molecule is CCC(Sc1nc(C)cc(N)n1)C(N)=O. The molecule has 0 radical (unpaired) electrons. The van der Waals surface area contributed by atoms with Crippen molar-refractivity contribution >= 4 is 23.5 Å². The first kappa shape index (κ1) is 11.8. The molecular weight excluding hydrogens is 212 g/mol. The van der Waals surface area contributed by atoms with Gasteiger partial charge in [-0.25, -0.2) is 9.97 Å². The minimum absolute atomic E-state index is 0.300. The second kappa shape index (κ2) is 4.97. The van der Waals surface area contributed by atoms with Crippen LogP contribution in [0.4, 0.5) is 5.82 Å². The van der Waals surface area contributed by atoms with Crippen LogP contribution in [0, 0.1) is 6.92 Å². The highest BCUT2D eigenvalue weighted by Crippen LogP contribution is 2.22. The molecule has 1 amide bonds. The third kappa shape index (κ3) is 3.39. The van der Waals surface area contributed by atoms with Crippen molar-refractivity contribution in [3.05, 3.63) is 11.8 Å². The van der Waals surface area contributed by atoms with Crippen LogP contribution in [0.25, 0.3) is 0 Å². The summed E-state index contributed by atoms with van der Waals surface area (Å²) in [6.07, 6.45) is 0.650. The fraction of sp³-hybridized carbons (Fsp3) is 0.444. The van der Waals surface area contributed by atoms with Gasteiger partial charge < -0.3 is 11.5 Å². The van der Waals surface area contributed by atoms with Gasteiger partial charge in [0.05, 0.1) is 5.25 Å². The zero-order chi connectivity index (χ0) is 11.4. The lowest BCUT2D eigenvalue weighted by Crippen LogP contribution is -2.25. The van der Waals surface area contributed by atoms with Crippen LogP contribution >= 0.6 is 11.8 Å². The minimum Gasteiger partial charge on any atom is -0.384 e. The van der Waals surface area contributed by atoms with Crippen LogP contribution in [0.5, 0.6) is 0 Å². The summed E-state index contributed by atoms with van der Waals surface area (Å²) in [5.74, 6) is 0.0514. The normalized spacial score (nSPS) is 12.4. The number of primary amides is 1. The minimum atomic E-state index is -0.355. The molecule has 1 unspecified atom stereocenters. The molecule has 0 aliphatic carbocycles. The van der Waals surface area contributed by atoms with Crippen molar-refractivity contribution in [1.82, 2.24) is 9.97 Å². The van der Waals surface area contributed by atoms with Gasteiger partial charge in [-0.1, -0.05) is 18.7 Å². The Morgan fingerprint density at radius 1 is 1.60 bits per heavy atom. The first-order valence-electron chi connectivity index (χ1n) is 4.60. The number of hydrogen-bond donors (Lipinski definition) is 2. The van der Waals surface area contributed by atoms with Crippen LogP contribution in [0.1, 0.15) is 19.0 Å². The summed E-state index contributed by atoms with van der Waals surface area (Å²) >= 11 is 1.25. The maximum atomic E-state index is 11.0. The number of rotatable bonds is 4. The quantitative estimate of drug-likeness (QED) is 0.582. The first-order valence-corrected chi connectivity index (χ1v) is 5.48. The second-order valence-corrected chi connectivity index (χ2v) is 4.30. The van der Waals surface area contributed by atoms with Crippen molar-refractivity contribution in [3.8, 4) is 0 Å². The maximum Gasteiger partial charge on any atom is 0.231 e. The summed E-state index contributed by atoms with van der Waals surface area (Å²) in [4.78, 5) is 19.2. The maximum absolute atomic E-state index is 11.0. The molecule has 4 N–H and O–H groups in total. The van der Waals surface area contributed by atoms with Gasteiger partial charge in [0.1, 0.15) is 5.82 Å². The lowest BCUT2D eigenvalue weighted by Gasteiger charge is -2.09. The molecule has 0 bridgehead atoms. The fourth-order valence-electron chi connectivity index (χ4n) is 1.09. The Kier molecular flexibility index (Phi) is 3.90. The molecule has 1 heterocycles. The Bertz CT molecular complexity index is 349. The number of nitrogens with zero attached hydrogens (tertiary/aromatic N) is 2. The first-order chi connectivity index (χ1) is 7.02. The van der Waals surface area contributed by atoms with Gasteiger partial charge in [-0.2, -0.15) is 0 Å². The molecule has 0 saturated heterocycles. The Balaban J connectivity index is 2.83. The van der Waals surface area contributed by atoms with Gasteiger partial charge in [0, 0.05) is 11.8 Å². The van der Waals surface area contributed by atoms with E-state index in [9.17, 15) is 4.79 Å². The lowest BCUT2D eigenvalue weighted by molar-refractivity contribution is -0.117. The number of amides is 1. The van der Waals surface area contributed by atoms with Crippen LogP contribution < -0.4 is 11.5 Å². The number of thioether (sulfide) groups is 1. The standard InChI is InChI=1S/C9H14N4OS/c1-3-6(8(11)14)15-9-12-5(2)4-7(10)13-9/h4,6H,3H2,1-2H3,(H2,11,14)(H2,10,12,13). The molecule has 82 valence electrons. The highest BCUT2D eigenvalue weighted by molar-refractivity contribution is 8.00. The van der Waals surface area contributed by atoms with Crippen molar-refractivity contribution < 1.29 is 4.79 Å². The van der Waals surface area contributed by atoms with E-state index in [1.165, 1.54) is 11.8 Å². The van der Waals surface area contributed by atoms with Crippen molar-refractivity contribution in [1.29, 1.82) is 0 Å². The van der Waals surface area contributed by atoms with E-state index in [4.69, 9.17) is 11.5 Å². The Morgan fingerprint density at radius 3 is 2.73 bits per heavy atom. The zero-order valence-corrected chi connectivity index (χ0v) is 9.54. The Hall–Kier alpha value is -1.30. The average molecular weight is 226 g/mol. The molecule has 1 aromatic rings. The van der Waals surface area contributed by atoms with Gasteiger partial charge in [0.15, 0.2) is 5.16 Å². The van der Waals surface area contributed by atoms with Crippen molar-refractivity contribution in [2.45, 2.75) is 30.7 Å². The summed E-state index contributed by atoms with van der Waals surface area (Å²) in [6, 6.07) is 1.68. The summed E-state index contributed by atoms with van der Waals surface area (Å²) in [5.41, 5.74) is 11.6. The molecule has 0 fully saturated rings. The molecular formula is C9H14N4OS. The van der Waals surface area contributed by atoms with Crippen molar-refractivity contribution in [2.24, 2.45) is 5.73 Å². The highest BCUT2D eigenvalue weighted by atomic mass is 32.2.